The Morgan fingerprint density at radius 3 is 2.25 bits per heavy atom. The molecular weight excluding hydrogens is 488 g/mol. The minimum Gasteiger partial charge on any atom is -0.488 e. The molecule has 0 fully saturated rings. The van der Waals surface area contributed by atoms with Crippen molar-refractivity contribution in [3.63, 3.8) is 0 Å². The molecule has 0 aliphatic heterocycles. The number of benzene rings is 2. The molecule has 1 heterocycles. The number of allylic oxidation sites excluding steroid dienone is 2. The lowest BCUT2D eigenvalue weighted by molar-refractivity contribution is -0.137. The van der Waals surface area contributed by atoms with E-state index in [1.165, 1.54) is 18.5 Å². The first-order valence-electron chi connectivity index (χ1n) is 10.9. The van der Waals surface area contributed by atoms with Gasteiger partial charge in [0, 0.05) is 30.1 Å². The Kier molecular flexibility index (Phi) is 7.05. The van der Waals surface area contributed by atoms with E-state index in [4.69, 9.17) is 4.74 Å². The Bertz CT molecular complexity index is 1330. The van der Waals surface area contributed by atoms with Gasteiger partial charge in [-0.25, -0.2) is 18.0 Å². The van der Waals surface area contributed by atoms with Crippen molar-refractivity contribution in [2.75, 3.05) is 0 Å². The standard InChI is InChI=1S/C26H19F6NO3/c27-17-9-22(28)21(23(29)10-17)13-36-24-6-5-16(26(30,31)32)8-20(24)19-4-2-1-3-18(19)14-7-15(25(34)35)12-33-11-14/h5-12H,1-4,13H2,(H,34,35). The highest BCUT2D eigenvalue weighted by molar-refractivity contribution is 5.95. The Balaban J connectivity index is 1.83. The van der Waals surface area contributed by atoms with Crippen molar-refractivity contribution < 1.29 is 41.0 Å². The summed E-state index contributed by atoms with van der Waals surface area (Å²) < 4.78 is 87.7. The van der Waals surface area contributed by atoms with Crippen molar-refractivity contribution in [2.24, 2.45) is 0 Å². The summed E-state index contributed by atoms with van der Waals surface area (Å²) in [6.07, 6.45) is 0.131. The monoisotopic (exact) mass is 507 g/mol. The van der Waals surface area contributed by atoms with Gasteiger partial charge in [-0.05, 0) is 66.7 Å². The van der Waals surface area contributed by atoms with E-state index < -0.39 is 47.3 Å². The van der Waals surface area contributed by atoms with Crippen LogP contribution < -0.4 is 4.74 Å². The molecule has 0 radical (unpaired) electrons. The summed E-state index contributed by atoms with van der Waals surface area (Å²) in [7, 11) is 0. The van der Waals surface area contributed by atoms with Gasteiger partial charge in [-0.1, -0.05) is 0 Å². The highest BCUT2D eigenvalue weighted by Crippen LogP contribution is 2.43. The van der Waals surface area contributed by atoms with E-state index in [0.29, 0.717) is 48.1 Å². The van der Waals surface area contributed by atoms with Crippen LogP contribution >= 0.6 is 0 Å². The molecule has 10 heteroatoms. The smallest absolute Gasteiger partial charge is 0.416 e. The highest BCUT2D eigenvalue weighted by atomic mass is 19.4. The number of aromatic carboxylic acids is 1. The predicted octanol–water partition coefficient (Wildman–Crippen LogP) is 7.28. The third-order valence-electron chi connectivity index (χ3n) is 5.91. The van der Waals surface area contributed by atoms with E-state index in [9.17, 15) is 36.2 Å². The molecule has 0 bridgehead atoms. The fourth-order valence-electron chi connectivity index (χ4n) is 4.17. The van der Waals surface area contributed by atoms with Crippen LogP contribution in [0.3, 0.4) is 0 Å². The van der Waals surface area contributed by atoms with E-state index in [1.807, 2.05) is 0 Å². The number of aromatic nitrogens is 1. The van der Waals surface area contributed by atoms with E-state index in [1.54, 1.807) is 0 Å². The average Bonchev–Trinajstić information content (AvgIpc) is 2.83. The highest BCUT2D eigenvalue weighted by Gasteiger charge is 2.32. The number of pyridine rings is 1. The van der Waals surface area contributed by atoms with Crippen molar-refractivity contribution in [1.82, 2.24) is 4.98 Å². The molecule has 4 rings (SSSR count). The molecule has 1 N–H and O–H groups in total. The van der Waals surface area contributed by atoms with E-state index in [0.717, 1.165) is 24.6 Å². The molecule has 0 saturated heterocycles. The normalized spacial score (nSPS) is 14.2. The lowest BCUT2D eigenvalue weighted by Gasteiger charge is -2.24. The van der Waals surface area contributed by atoms with Crippen LogP contribution in [0.25, 0.3) is 11.1 Å². The second-order valence-electron chi connectivity index (χ2n) is 8.28. The molecule has 1 aliphatic rings. The fourth-order valence-corrected chi connectivity index (χ4v) is 4.17. The summed E-state index contributed by atoms with van der Waals surface area (Å²) in [6.45, 7) is -0.686. The van der Waals surface area contributed by atoms with Crippen LogP contribution in [-0.4, -0.2) is 16.1 Å². The predicted molar refractivity (Wildman–Crippen MR) is 119 cm³/mol. The third kappa shape index (κ3) is 5.37. The minimum atomic E-state index is -4.66. The van der Waals surface area contributed by atoms with Gasteiger partial charge in [-0.15, -0.1) is 0 Å². The van der Waals surface area contributed by atoms with Crippen LogP contribution in [0, 0.1) is 17.5 Å². The molecule has 2 aromatic carbocycles. The first kappa shape index (κ1) is 25.3. The number of carboxylic acids is 1. The largest absolute Gasteiger partial charge is 0.488 e. The number of halogens is 6. The molecule has 36 heavy (non-hydrogen) atoms. The van der Waals surface area contributed by atoms with Crippen molar-refractivity contribution in [3.8, 4) is 5.75 Å². The molecule has 188 valence electrons. The van der Waals surface area contributed by atoms with Gasteiger partial charge in [-0.3, -0.25) is 4.98 Å². The topological polar surface area (TPSA) is 59.4 Å². The molecule has 1 aliphatic carbocycles. The summed E-state index contributed by atoms with van der Waals surface area (Å²) >= 11 is 0. The second-order valence-corrected chi connectivity index (χ2v) is 8.28. The third-order valence-corrected chi connectivity index (χ3v) is 5.91. The van der Waals surface area contributed by atoms with Gasteiger partial charge >= 0.3 is 12.1 Å². The average molecular weight is 507 g/mol. The maximum Gasteiger partial charge on any atom is 0.416 e. The summed E-state index contributed by atoms with van der Waals surface area (Å²) in [6, 6.07) is 5.14. The van der Waals surface area contributed by atoms with Crippen LogP contribution in [0.2, 0.25) is 0 Å². The number of alkyl halides is 3. The molecule has 0 unspecified atom stereocenters. The Morgan fingerprint density at radius 1 is 0.944 bits per heavy atom. The van der Waals surface area contributed by atoms with Gasteiger partial charge in [0.05, 0.1) is 16.7 Å². The van der Waals surface area contributed by atoms with Crippen molar-refractivity contribution in [1.29, 1.82) is 0 Å². The number of hydrogen-bond donors (Lipinski definition) is 1. The van der Waals surface area contributed by atoms with Crippen LogP contribution in [0.15, 0.2) is 48.8 Å². The number of carboxylic acid groups (broad SMARTS) is 1. The SMILES string of the molecule is O=C(O)c1cncc(C2=C(c3cc(C(F)(F)F)ccc3OCc3c(F)cc(F)cc3F)CCCC2)c1. The number of hydrogen-bond acceptors (Lipinski definition) is 3. The molecule has 1 aromatic heterocycles. The molecular formula is C26H19F6NO3. The summed E-state index contributed by atoms with van der Waals surface area (Å²) in [5.74, 6) is -4.74. The fraction of sp³-hybridized carbons (Fsp3) is 0.231. The zero-order chi connectivity index (χ0) is 26.0. The Hall–Kier alpha value is -3.82. The lowest BCUT2D eigenvalue weighted by atomic mass is 9.83. The molecule has 0 saturated carbocycles. The van der Waals surface area contributed by atoms with Gasteiger partial charge in [-0.2, -0.15) is 13.2 Å². The Morgan fingerprint density at radius 2 is 1.61 bits per heavy atom. The molecule has 0 atom stereocenters. The van der Waals surface area contributed by atoms with Crippen molar-refractivity contribution in [2.45, 2.75) is 38.5 Å². The Labute approximate surface area is 201 Å². The van der Waals surface area contributed by atoms with Gasteiger partial charge in [0.2, 0.25) is 0 Å². The van der Waals surface area contributed by atoms with E-state index in [-0.39, 0.29) is 16.9 Å². The van der Waals surface area contributed by atoms with E-state index in [2.05, 4.69) is 4.98 Å². The van der Waals surface area contributed by atoms with Crippen LogP contribution in [-0.2, 0) is 12.8 Å². The summed E-state index contributed by atoms with van der Waals surface area (Å²) in [5, 5.41) is 9.31. The number of nitrogens with zero attached hydrogens (tertiary/aromatic N) is 1. The quantitative estimate of drug-likeness (QED) is 0.356. The summed E-state index contributed by atoms with van der Waals surface area (Å²) in [4.78, 5) is 15.4. The van der Waals surface area contributed by atoms with Gasteiger partial charge in [0.1, 0.15) is 29.8 Å². The van der Waals surface area contributed by atoms with Gasteiger partial charge in [0.25, 0.3) is 0 Å². The molecule has 0 amide bonds. The van der Waals surface area contributed by atoms with Crippen LogP contribution in [0.1, 0.15) is 58.3 Å². The van der Waals surface area contributed by atoms with Crippen molar-refractivity contribution in [3.05, 3.63) is 94.1 Å². The molecule has 3 aromatic rings. The number of rotatable bonds is 6. The maximum absolute atomic E-state index is 14.1. The minimum absolute atomic E-state index is 0.0529. The van der Waals surface area contributed by atoms with Gasteiger partial charge < -0.3 is 9.84 Å². The maximum atomic E-state index is 14.1. The van der Waals surface area contributed by atoms with E-state index >= 15 is 0 Å². The zero-order valence-corrected chi connectivity index (χ0v) is 18.6. The van der Waals surface area contributed by atoms with Gasteiger partial charge in [0.15, 0.2) is 0 Å². The second kappa shape index (κ2) is 10.0. The number of ether oxygens (including phenoxy) is 1. The molecule has 4 nitrogen and oxygen atoms in total. The summed E-state index contributed by atoms with van der Waals surface area (Å²) in [5.41, 5.74) is 0.0312. The first-order valence-corrected chi connectivity index (χ1v) is 10.9. The zero-order valence-electron chi connectivity index (χ0n) is 18.6. The molecule has 0 spiro atoms. The number of carbonyl (C=O) groups is 1. The van der Waals surface area contributed by atoms with Crippen molar-refractivity contribution >= 4 is 17.1 Å². The lowest BCUT2D eigenvalue weighted by Crippen LogP contribution is -2.09. The first-order chi connectivity index (χ1) is 17.0. The van der Waals surface area contributed by atoms with Crippen LogP contribution in [0.4, 0.5) is 26.3 Å². The van der Waals surface area contributed by atoms with Crippen LogP contribution in [0.5, 0.6) is 5.75 Å².